The summed E-state index contributed by atoms with van der Waals surface area (Å²) >= 11 is 1.68. The molecule has 1 atom stereocenters. The molecule has 7 heteroatoms. The van der Waals surface area contributed by atoms with Crippen LogP contribution in [0.5, 0.6) is 0 Å². The molecule has 0 spiro atoms. The minimum absolute atomic E-state index is 0.0530. The fourth-order valence-corrected chi connectivity index (χ4v) is 4.81. The molecule has 0 radical (unpaired) electrons. The van der Waals surface area contributed by atoms with Crippen molar-refractivity contribution in [2.45, 2.75) is 45.2 Å². The van der Waals surface area contributed by atoms with Crippen LogP contribution < -0.4 is 10.9 Å². The quantitative estimate of drug-likeness (QED) is 0.458. The first-order valence-electron chi connectivity index (χ1n) is 10.4. The van der Waals surface area contributed by atoms with E-state index in [-0.39, 0.29) is 17.5 Å². The number of nitrogens with zero attached hydrogens (tertiary/aromatic N) is 3. The Kier molecular flexibility index (Phi) is 5.99. The summed E-state index contributed by atoms with van der Waals surface area (Å²) in [6.07, 6.45) is 4.78. The Labute approximate surface area is 179 Å². The molecule has 0 aliphatic heterocycles. The highest BCUT2D eigenvalue weighted by molar-refractivity contribution is 7.10. The van der Waals surface area contributed by atoms with Gasteiger partial charge in [0.1, 0.15) is 5.52 Å². The maximum Gasteiger partial charge on any atom is 0.291 e. The largest absolute Gasteiger partial charge is 0.348 e. The third-order valence-corrected chi connectivity index (χ3v) is 6.44. The van der Waals surface area contributed by atoms with Crippen LogP contribution in [0.1, 0.15) is 43.5 Å². The summed E-state index contributed by atoms with van der Waals surface area (Å²) in [7, 11) is 1.66. The van der Waals surface area contributed by atoms with Gasteiger partial charge in [-0.15, -0.1) is 11.3 Å². The van der Waals surface area contributed by atoms with Gasteiger partial charge in [-0.25, -0.2) is 4.68 Å². The first-order chi connectivity index (χ1) is 14.6. The summed E-state index contributed by atoms with van der Waals surface area (Å²) in [5, 5.41) is 11.3. The molecular weight excluding hydrogens is 396 g/mol. The van der Waals surface area contributed by atoms with Gasteiger partial charge in [0, 0.05) is 41.2 Å². The zero-order chi connectivity index (χ0) is 21.1. The van der Waals surface area contributed by atoms with Crippen LogP contribution in [0, 0.1) is 0 Å². The van der Waals surface area contributed by atoms with Crippen LogP contribution in [0.4, 0.5) is 0 Å². The number of rotatable bonds is 8. The van der Waals surface area contributed by atoms with E-state index in [4.69, 9.17) is 0 Å². The molecule has 156 valence electrons. The molecule has 30 heavy (non-hydrogen) atoms. The van der Waals surface area contributed by atoms with Crippen molar-refractivity contribution < 1.29 is 4.79 Å². The van der Waals surface area contributed by atoms with E-state index < -0.39 is 0 Å². The number of fused-ring (bicyclic) bond motifs is 3. The van der Waals surface area contributed by atoms with Gasteiger partial charge in [-0.05, 0) is 30.4 Å². The van der Waals surface area contributed by atoms with Gasteiger partial charge in [-0.2, -0.15) is 5.10 Å². The second-order valence-electron chi connectivity index (χ2n) is 7.53. The minimum atomic E-state index is -0.117. The number of hydrogen-bond acceptors (Lipinski definition) is 4. The molecule has 6 nitrogen and oxygen atoms in total. The lowest BCUT2D eigenvalue weighted by Crippen LogP contribution is -2.28. The third kappa shape index (κ3) is 3.89. The highest BCUT2D eigenvalue weighted by Crippen LogP contribution is 2.27. The van der Waals surface area contributed by atoms with E-state index in [9.17, 15) is 9.59 Å². The molecule has 0 aliphatic carbocycles. The number of carbonyl (C=O) groups excluding carboxylic acids is 1. The van der Waals surface area contributed by atoms with Crippen LogP contribution in [-0.4, -0.2) is 20.3 Å². The highest BCUT2D eigenvalue weighted by atomic mass is 32.1. The van der Waals surface area contributed by atoms with Crippen molar-refractivity contribution in [3.8, 4) is 0 Å². The van der Waals surface area contributed by atoms with Gasteiger partial charge in [0.15, 0.2) is 0 Å². The monoisotopic (exact) mass is 422 g/mol. The Morgan fingerprint density at radius 1 is 1.20 bits per heavy atom. The fourth-order valence-electron chi connectivity index (χ4n) is 4.00. The highest BCUT2D eigenvalue weighted by Gasteiger charge is 2.17. The molecule has 1 amide bonds. The van der Waals surface area contributed by atoms with Crippen LogP contribution in [0.15, 0.2) is 52.8 Å². The van der Waals surface area contributed by atoms with Crippen molar-refractivity contribution in [1.82, 2.24) is 19.7 Å². The number of thiophene rings is 1. The second-order valence-corrected chi connectivity index (χ2v) is 8.51. The number of hydrogen-bond donors (Lipinski definition) is 1. The summed E-state index contributed by atoms with van der Waals surface area (Å²) in [5.41, 5.74) is 1.53. The molecule has 0 fully saturated rings. The van der Waals surface area contributed by atoms with Crippen LogP contribution in [0.25, 0.3) is 21.8 Å². The Hall–Kier alpha value is -2.93. The molecule has 1 aromatic carbocycles. The number of amides is 1. The van der Waals surface area contributed by atoms with E-state index >= 15 is 0 Å². The van der Waals surface area contributed by atoms with Crippen LogP contribution in [0.3, 0.4) is 0 Å². The van der Waals surface area contributed by atoms with E-state index in [2.05, 4.69) is 23.4 Å². The molecule has 0 unspecified atom stereocenters. The second kappa shape index (κ2) is 8.83. The molecule has 0 aliphatic rings. The zero-order valence-electron chi connectivity index (χ0n) is 17.3. The van der Waals surface area contributed by atoms with Crippen molar-refractivity contribution in [1.29, 1.82) is 0 Å². The van der Waals surface area contributed by atoms with Crippen molar-refractivity contribution in [3.63, 3.8) is 0 Å². The van der Waals surface area contributed by atoms with Gasteiger partial charge in [-0.3, -0.25) is 9.59 Å². The van der Waals surface area contributed by atoms with E-state index in [1.54, 1.807) is 24.6 Å². The van der Waals surface area contributed by atoms with Crippen molar-refractivity contribution in [3.05, 3.63) is 63.2 Å². The number of benzene rings is 1. The van der Waals surface area contributed by atoms with Gasteiger partial charge in [0.05, 0.1) is 12.2 Å². The third-order valence-electron chi connectivity index (χ3n) is 5.45. The normalized spacial score (nSPS) is 12.5. The molecule has 0 saturated heterocycles. The molecule has 3 heterocycles. The number of nitrogens with one attached hydrogen (secondary N) is 1. The topological polar surface area (TPSA) is 68.9 Å². The van der Waals surface area contributed by atoms with Gasteiger partial charge in [0.2, 0.25) is 5.91 Å². The summed E-state index contributed by atoms with van der Waals surface area (Å²) < 4.78 is 3.39. The number of para-hydroxylation sites is 1. The van der Waals surface area contributed by atoms with Crippen molar-refractivity contribution in [2.75, 3.05) is 0 Å². The molecule has 0 saturated carbocycles. The van der Waals surface area contributed by atoms with Gasteiger partial charge in [0.25, 0.3) is 5.56 Å². The lowest BCUT2D eigenvalue weighted by molar-refractivity contribution is -0.122. The van der Waals surface area contributed by atoms with Crippen LogP contribution in [0.2, 0.25) is 0 Å². The van der Waals surface area contributed by atoms with E-state index in [1.165, 1.54) is 9.56 Å². The minimum Gasteiger partial charge on any atom is -0.348 e. The Morgan fingerprint density at radius 2 is 2.03 bits per heavy atom. The van der Waals surface area contributed by atoms with E-state index in [1.807, 2.05) is 40.3 Å². The number of aryl methyl sites for hydroxylation is 2. The summed E-state index contributed by atoms with van der Waals surface area (Å²) in [5.74, 6) is 0.0530. The first-order valence-corrected chi connectivity index (χ1v) is 11.2. The lowest BCUT2D eigenvalue weighted by atomic mass is 10.1. The van der Waals surface area contributed by atoms with Crippen LogP contribution in [-0.2, 0) is 18.4 Å². The summed E-state index contributed by atoms with van der Waals surface area (Å²) in [6.45, 7) is 2.73. The maximum absolute atomic E-state index is 12.8. The van der Waals surface area contributed by atoms with Gasteiger partial charge >= 0.3 is 0 Å². The molecular formula is C23H26N4O2S. The predicted octanol–water partition coefficient (Wildman–Crippen LogP) is 4.39. The molecule has 1 N–H and O–H groups in total. The van der Waals surface area contributed by atoms with E-state index in [0.717, 1.165) is 29.1 Å². The average Bonchev–Trinajstić information content (AvgIpc) is 3.38. The molecule has 0 bridgehead atoms. The van der Waals surface area contributed by atoms with Crippen molar-refractivity contribution in [2.24, 2.45) is 7.05 Å². The summed E-state index contributed by atoms with van der Waals surface area (Å²) in [4.78, 5) is 26.6. The zero-order valence-corrected chi connectivity index (χ0v) is 18.1. The standard InChI is InChI=1S/C23H26N4O2S/c1-3-8-18(20-11-7-14-30-20)25-21(28)12-6-13-27-19-10-5-4-9-16(19)17-15-24-26(2)23(29)22(17)27/h4-5,7,9-11,14-15,18H,3,6,8,12-13H2,1-2H3,(H,25,28)/t18-/m0/s1. The van der Waals surface area contributed by atoms with E-state index in [0.29, 0.717) is 24.9 Å². The molecule has 3 aromatic heterocycles. The number of carbonyl (C=O) groups is 1. The smallest absolute Gasteiger partial charge is 0.291 e. The predicted molar refractivity (Wildman–Crippen MR) is 122 cm³/mol. The Balaban J connectivity index is 1.51. The summed E-state index contributed by atoms with van der Waals surface area (Å²) in [6, 6.07) is 12.1. The van der Waals surface area contributed by atoms with Crippen molar-refractivity contribution >= 4 is 39.0 Å². The maximum atomic E-state index is 12.8. The lowest BCUT2D eigenvalue weighted by Gasteiger charge is -2.17. The fraction of sp³-hybridized carbons (Fsp3) is 0.348. The van der Waals surface area contributed by atoms with Gasteiger partial charge < -0.3 is 9.88 Å². The number of aromatic nitrogens is 3. The first kappa shape index (κ1) is 20.3. The van der Waals surface area contributed by atoms with Gasteiger partial charge in [-0.1, -0.05) is 37.6 Å². The Morgan fingerprint density at radius 3 is 2.80 bits per heavy atom. The molecule has 4 rings (SSSR count). The molecule has 4 aromatic rings. The average molecular weight is 423 g/mol. The SMILES string of the molecule is CCC[C@H](NC(=O)CCCn1c2ccccc2c2cnn(C)c(=O)c21)c1cccs1. The Bertz CT molecular complexity index is 1220. The van der Waals surface area contributed by atoms with Crippen LogP contribution >= 0.6 is 11.3 Å².